The highest BCUT2D eigenvalue weighted by molar-refractivity contribution is 5.99. The summed E-state index contributed by atoms with van der Waals surface area (Å²) in [5.74, 6) is -0.198. The smallest absolute Gasteiger partial charge is 0.251 e. The van der Waals surface area contributed by atoms with Gasteiger partial charge in [0, 0.05) is 24.7 Å². The molecule has 0 aromatic heterocycles. The van der Waals surface area contributed by atoms with E-state index in [1.807, 2.05) is 0 Å². The first-order valence-electron chi connectivity index (χ1n) is 7.40. The van der Waals surface area contributed by atoms with Crippen LogP contribution in [0.2, 0.25) is 0 Å². The third-order valence-electron chi connectivity index (χ3n) is 4.03. The minimum atomic E-state index is -0.487. The summed E-state index contributed by atoms with van der Waals surface area (Å²) in [6.07, 6.45) is 3.89. The van der Waals surface area contributed by atoms with Crippen molar-refractivity contribution < 1.29 is 14.7 Å². The van der Waals surface area contributed by atoms with Gasteiger partial charge >= 0.3 is 0 Å². The van der Waals surface area contributed by atoms with Gasteiger partial charge in [-0.1, -0.05) is 18.9 Å². The lowest BCUT2D eigenvalue weighted by atomic mass is 10.0. The fourth-order valence-corrected chi connectivity index (χ4v) is 2.75. The zero-order valence-corrected chi connectivity index (χ0v) is 12.3. The Bertz CT molecular complexity index is 510. The van der Waals surface area contributed by atoms with E-state index < -0.39 is 6.10 Å². The summed E-state index contributed by atoms with van der Waals surface area (Å²) in [5, 5.41) is 15.3. The molecule has 1 aliphatic rings. The maximum Gasteiger partial charge on any atom is 0.251 e. The number of amides is 2. The lowest BCUT2D eigenvalue weighted by molar-refractivity contribution is 0.0840. The van der Waals surface area contributed by atoms with Gasteiger partial charge in [-0.3, -0.25) is 9.59 Å². The molecule has 1 aliphatic carbocycles. The number of rotatable bonds is 5. The van der Waals surface area contributed by atoms with Crippen LogP contribution in [0.3, 0.4) is 0 Å². The van der Waals surface area contributed by atoms with E-state index in [0.717, 1.165) is 25.7 Å². The minimum Gasteiger partial charge on any atom is -0.391 e. The van der Waals surface area contributed by atoms with Gasteiger partial charge in [0.05, 0.1) is 6.10 Å². The molecule has 0 radical (unpaired) electrons. The molecule has 0 heterocycles. The van der Waals surface area contributed by atoms with Crippen molar-refractivity contribution in [1.82, 2.24) is 10.6 Å². The lowest BCUT2D eigenvalue weighted by Gasteiger charge is -2.18. The van der Waals surface area contributed by atoms with E-state index in [2.05, 4.69) is 10.6 Å². The normalized spacial score (nSPS) is 16.5. The summed E-state index contributed by atoms with van der Waals surface area (Å²) in [6, 6.07) is 6.54. The Labute approximate surface area is 124 Å². The highest BCUT2D eigenvalue weighted by Crippen LogP contribution is 2.27. The third kappa shape index (κ3) is 4.04. The Morgan fingerprint density at radius 1 is 1.24 bits per heavy atom. The van der Waals surface area contributed by atoms with Crippen molar-refractivity contribution in [3.05, 3.63) is 35.4 Å². The molecular formula is C16H22N2O3. The van der Waals surface area contributed by atoms with Crippen molar-refractivity contribution >= 4 is 11.8 Å². The van der Waals surface area contributed by atoms with Gasteiger partial charge in [-0.25, -0.2) is 0 Å². The van der Waals surface area contributed by atoms with Crippen molar-refractivity contribution in [2.45, 2.75) is 31.8 Å². The van der Waals surface area contributed by atoms with Crippen molar-refractivity contribution in [1.29, 1.82) is 0 Å². The van der Waals surface area contributed by atoms with E-state index in [9.17, 15) is 14.7 Å². The number of benzene rings is 1. The molecule has 1 saturated carbocycles. The van der Waals surface area contributed by atoms with Crippen LogP contribution in [-0.4, -0.2) is 36.6 Å². The van der Waals surface area contributed by atoms with Crippen molar-refractivity contribution in [2.24, 2.45) is 5.92 Å². The molecule has 5 nitrogen and oxygen atoms in total. The van der Waals surface area contributed by atoms with Gasteiger partial charge in [-0.2, -0.15) is 0 Å². The van der Waals surface area contributed by atoms with Crippen LogP contribution in [-0.2, 0) is 0 Å². The van der Waals surface area contributed by atoms with Crippen LogP contribution in [0.4, 0.5) is 0 Å². The quantitative estimate of drug-likeness (QED) is 0.765. The van der Waals surface area contributed by atoms with Crippen LogP contribution in [0.1, 0.15) is 46.4 Å². The van der Waals surface area contributed by atoms with Crippen molar-refractivity contribution in [3.63, 3.8) is 0 Å². The van der Waals surface area contributed by atoms with Crippen LogP contribution in [0.5, 0.6) is 0 Å². The topological polar surface area (TPSA) is 78.4 Å². The molecule has 2 rings (SSSR count). The van der Waals surface area contributed by atoms with E-state index in [4.69, 9.17) is 0 Å². The lowest BCUT2D eigenvalue weighted by Crippen LogP contribution is -2.35. The van der Waals surface area contributed by atoms with E-state index in [1.165, 1.54) is 0 Å². The second kappa shape index (κ2) is 7.22. The van der Waals surface area contributed by atoms with Gasteiger partial charge in [-0.05, 0) is 37.0 Å². The third-order valence-corrected chi connectivity index (χ3v) is 4.03. The van der Waals surface area contributed by atoms with Crippen LogP contribution in [0.15, 0.2) is 24.3 Å². The first-order chi connectivity index (χ1) is 10.1. The molecule has 2 amide bonds. The largest absolute Gasteiger partial charge is 0.391 e. The Kier molecular flexibility index (Phi) is 5.33. The summed E-state index contributed by atoms with van der Waals surface area (Å²) < 4.78 is 0. The molecular weight excluding hydrogens is 268 g/mol. The fourth-order valence-electron chi connectivity index (χ4n) is 2.75. The number of nitrogens with one attached hydrogen (secondary N) is 2. The fraction of sp³-hybridized carbons (Fsp3) is 0.500. The Balaban J connectivity index is 1.92. The molecule has 0 aliphatic heterocycles. The predicted octanol–water partition coefficient (Wildman–Crippen LogP) is 1.33. The molecule has 3 N–H and O–H groups in total. The second-order valence-electron chi connectivity index (χ2n) is 5.48. The summed E-state index contributed by atoms with van der Waals surface area (Å²) in [7, 11) is 1.55. The van der Waals surface area contributed by atoms with Crippen molar-refractivity contribution in [2.75, 3.05) is 13.6 Å². The number of carbonyl (C=O) groups excluding carboxylic acids is 2. The molecule has 1 fully saturated rings. The van der Waals surface area contributed by atoms with Crippen LogP contribution in [0.25, 0.3) is 0 Å². The first kappa shape index (κ1) is 15.5. The molecule has 1 atom stereocenters. The number of aliphatic hydroxyl groups excluding tert-OH is 1. The summed E-state index contributed by atoms with van der Waals surface area (Å²) in [4.78, 5) is 23.6. The van der Waals surface area contributed by atoms with Gasteiger partial charge in [0.25, 0.3) is 11.8 Å². The van der Waals surface area contributed by atoms with E-state index in [0.29, 0.717) is 17.0 Å². The van der Waals surface area contributed by atoms with Crippen LogP contribution >= 0.6 is 0 Å². The molecule has 5 heteroatoms. The highest BCUT2D eigenvalue weighted by Gasteiger charge is 2.23. The van der Waals surface area contributed by atoms with Crippen LogP contribution < -0.4 is 10.6 Å². The second-order valence-corrected chi connectivity index (χ2v) is 5.48. The molecule has 0 saturated heterocycles. The summed E-state index contributed by atoms with van der Waals surface area (Å²) in [5.41, 5.74) is 0.871. The van der Waals surface area contributed by atoms with Crippen LogP contribution in [0, 0.1) is 5.92 Å². The summed E-state index contributed by atoms with van der Waals surface area (Å²) >= 11 is 0. The Morgan fingerprint density at radius 3 is 2.48 bits per heavy atom. The van der Waals surface area contributed by atoms with Gasteiger partial charge < -0.3 is 15.7 Å². The summed E-state index contributed by atoms with van der Waals surface area (Å²) in [6.45, 7) is 0.258. The molecule has 0 spiro atoms. The molecule has 114 valence electrons. The highest BCUT2D eigenvalue weighted by atomic mass is 16.3. The first-order valence-corrected chi connectivity index (χ1v) is 7.40. The van der Waals surface area contributed by atoms with E-state index in [-0.39, 0.29) is 18.4 Å². The standard InChI is InChI=1S/C16H22N2O3/c1-17-15(20)12-7-4-8-13(9-12)16(21)18-10-14(19)11-5-2-3-6-11/h4,7-9,11,14,19H,2-3,5-6,10H2,1H3,(H,17,20)(H,18,21)/t14-/m1/s1. The maximum atomic E-state index is 12.1. The van der Waals surface area contributed by atoms with Gasteiger partial charge in [0.15, 0.2) is 0 Å². The Hall–Kier alpha value is -1.88. The van der Waals surface area contributed by atoms with Crippen molar-refractivity contribution in [3.8, 4) is 0 Å². The maximum absolute atomic E-state index is 12.1. The number of hydrogen-bond acceptors (Lipinski definition) is 3. The van der Waals surface area contributed by atoms with E-state index in [1.54, 1.807) is 31.3 Å². The molecule has 21 heavy (non-hydrogen) atoms. The number of carbonyl (C=O) groups is 2. The Morgan fingerprint density at radius 2 is 1.86 bits per heavy atom. The van der Waals surface area contributed by atoms with Gasteiger partial charge in [0.1, 0.15) is 0 Å². The minimum absolute atomic E-state index is 0.226. The monoisotopic (exact) mass is 290 g/mol. The molecule has 0 bridgehead atoms. The predicted molar refractivity (Wildman–Crippen MR) is 80.1 cm³/mol. The SMILES string of the molecule is CNC(=O)c1cccc(C(=O)NC[C@@H](O)C2CCCC2)c1. The average Bonchev–Trinajstić information content (AvgIpc) is 3.06. The van der Waals surface area contributed by atoms with Gasteiger partial charge in [-0.15, -0.1) is 0 Å². The van der Waals surface area contributed by atoms with Gasteiger partial charge in [0.2, 0.25) is 0 Å². The average molecular weight is 290 g/mol. The van der Waals surface area contributed by atoms with E-state index >= 15 is 0 Å². The number of aliphatic hydroxyl groups is 1. The molecule has 1 aromatic rings. The molecule has 0 unspecified atom stereocenters. The zero-order chi connectivity index (χ0) is 15.2. The zero-order valence-electron chi connectivity index (χ0n) is 12.3. The number of hydrogen-bond donors (Lipinski definition) is 3. The molecule has 1 aromatic carbocycles.